The molecule has 0 amide bonds. The zero-order valence-corrected chi connectivity index (χ0v) is 10.6. The average Bonchev–Trinajstić information content (AvgIpc) is 2.34. The van der Waals surface area contributed by atoms with E-state index in [0.717, 1.165) is 35.5 Å². The van der Waals surface area contributed by atoms with Crippen LogP contribution in [0.1, 0.15) is 19.8 Å². The number of carbonyl (C=O) groups excluding carboxylic acids is 1. The van der Waals surface area contributed by atoms with Gasteiger partial charge in [-0.05, 0) is 18.6 Å². The molecule has 0 aromatic heterocycles. The molecule has 3 heteroatoms. The summed E-state index contributed by atoms with van der Waals surface area (Å²) in [4.78, 5) is 11.9. The van der Waals surface area contributed by atoms with Crippen molar-refractivity contribution in [1.82, 2.24) is 0 Å². The van der Waals surface area contributed by atoms with Gasteiger partial charge in [0.2, 0.25) is 0 Å². The third-order valence-electron chi connectivity index (χ3n) is 2.37. The van der Waals surface area contributed by atoms with Crippen molar-refractivity contribution >= 4 is 18.0 Å². The van der Waals surface area contributed by atoms with Crippen molar-refractivity contribution in [3.8, 4) is 5.75 Å². The van der Waals surface area contributed by atoms with E-state index < -0.39 is 0 Å². The smallest absolute Gasteiger partial charge is 0.132 e. The fourth-order valence-electron chi connectivity index (χ4n) is 1.50. The number of rotatable bonds is 7. The highest BCUT2D eigenvalue weighted by molar-refractivity contribution is 7.99. The van der Waals surface area contributed by atoms with Crippen LogP contribution in [0.4, 0.5) is 0 Å². The highest BCUT2D eigenvalue weighted by atomic mass is 32.2. The molecule has 0 aliphatic heterocycles. The Morgan fingerprint density at radius 1 is 1.44 bits per heavy atom. The largest absolute Gasteiger partial charge is 0.496 e. The van der Waals surface area contributed by atoms with Gasteiger partial charge >= 0.3 is 0 Å². The van der Waals surface area contributed by atoms with E-state index in [9.17, 15) is 4.79 Å². The van der Waals surface area contributed by atoms with Crippen LogP contribution in [-0.4, -0.2) is 19.1 Å². The topological polar surface area (TPSA) is 26.3 Å². The molecule has 0 spiro atoms. The summed E-state index contributed by atoms with van der Waals surface area (Å²) in [6.45, 7) is 2.10. The predicted molar refractivity (Wildman–Crippen MR) is 68.2 cm³/mol. The third kappa shape index (κ3) is 3.89. The van der Waals surface area contributed by atoms with Gasteiger partial charge in [-0.15, -0.1) is 11.8 Å². The first-order valence-corrected chi connectivity index (χ1v) is 6.51. The standard InChI is InChI=1S/C13H18O2S/c1-3-6-11(9-14)10-16-13-8-5-4-7-12(13)15-2/h4-5,7-9,11H,3,6,10H2,1-2H3/t11-/m0/s1. The van der Waals surface area contributed by atoms with E-state index in [0.29, 0.717) is 0 Å². The molecule has 0 saturated carbocycles. The Kier molecular flexibility index (Phi) is 6.01. The molecule has 88 valence electrons. The minimum Gasteiger partial charge on any atom is -0.496 e. The zero-order valence-electron chi connectivity index (χ0n) is 9.81. The molecule has 0 aliphatic carbocycles. The monoisotopic (exact) mass is 238 g/mol. The van der Waals surface area contributed by atoms with Crippen molar-refractivity contribution in [2.24, 2.45) is 5.92 Å². The number of methoxy groups -OCH3 is 1. The first-order valence-electron chi connectivity index (χ1n) is 5.53. The normalized spacial score (nSPS) is 12.1. The van der Waals surface area contributed by atoms with E-state index in [4.69, 9.17) is 4.74 Å². The molecule has 0 aliphatic rings. The number of aldehydes is 1. The fourth-order valence-corrected chi connectivity index (χ4v) is 2.60. The van der Waals surface area contributed by atoms with Crippen LogP contribution < -0.4 is 4.74 Å². The molecule has 1 aromatic carbocycles. The van der Waals surface area contributed by atoms with Gasteiger partial charge < -0.3 is 9.53 Å². The Hall–Kier alpha value is -0.960. The summed E-state index contributed by atoms with van der Waals surface area (Å²) in [6, 6.07) is 7.90. The molecule has 1 rings (SSSR count). The zero-order chi connectivity index (χ0) is 11.8. The van der Waals surface area contributed by atoms with Gasteiger partial charge in [0.15, 0.2) is 0 Å². The Bertz CT molecular complexity index is 325. The third-order valence-corrected chi connectivity index (χ3v) is 3.62. The molecular weight excluding hydrogens is 220 g/mol. The lowest BCUT2D eigenvalue weighted by atomic mass is 10.1. The average molecular weight is 238 g/mol. The quantitative estimate of drug-likeness (QED) is 0.538. The molecule has 16 heavy (non-hydrogen) atoms. The van der Waals surface area contributed by atoms with E-state index in [1.54, 1.807) is 18.9 Å². The maximum atomic E-state index is 10.8. The Balaban J connectivity index is 2.55. The van der Waals surface area contributed by atoms with Crippen LogP contribution in [0.25, 0.3) is 0 Å². The highest BCUT2D eigenvalue weighted by Crippen LogP contribution is 2.30. The van der Waals surface area contributed by atoms with Gasteiger partial charge in [0.25, 0.3) is 0 Å². The number of benzene rings is 1. The summed E-state index contributed by atoms with van der Waals surface area (Å²) in [5, 5.41) is 0. The van der Waals surface area contributed by atoms with Gasteiger partial charge in [0, 0.05) is 16.6 Å². The van der Waals surface area contributed by atoms with Gasteiger partial charge in [-0.25, -0.2) is 0 Å². The maximum absolute atomic E-state index is 10.8. The summed E-state index contributed by atoms with van der Waals surface area (Å²) < 4.78 is 5.26. The lowest BCUT2D eigenvalue weighted by Crippen LogP contribution is -2.04. The van der Waals surface area contributed by atoms with Gasteiger partial charge in [0.05, 0.1) is 7.11 Å². The molecule has 0 bridgehead atoms. The van der Waals surface area contributed by atoms with E-state index in [1.165, 1.54) is 0 Å². The molecule has 0 radical (unpaired) electrons. The van der Waals surface area contributed by atoms with E-state index in [2.05, 4.69) is 6.92 Å². The van der Waals surface area contributed by atoms with Crippen molar-refractivity contribution in [2.45, 2.75) is 24.7 Å². The molecule has 1 atom stereocenters. The second-order valence-electron chi connectivity index (χ2n) is 3.65. The molecule has 0 N–H and O–H groups in total. The fraction of sp³-hybridized carbons (Fsp3) is 0.462. The second kappa shape index (κ2) is 7.34. The predicted octanol–water partition coefficient (Wildman–Crippen LogP) is 3.40. The van der Waals surface area contributed by atoms with Gasteiger partial charge in [-0.2, -0.15) is 0 Å². The summed E-state index contributed by atoms with van der Waals surface area (Å²) in [5.41, 5.74) is 0. The van der Waals surface area contributed by atoms with Gasteiger partial charge in [-0.3, -0.25) is 0 Å². The van der Waals surface area contributed by atoms with E-state index in [1.807, 2.05) is 24.3 Å². The van der Waals surface area contributed by atoms with Crippen LogP contribution in [0.15, 0.2) is 29.2 Å². The summed E-state index contributed by atoms with van der Waals surface area (Å²) in [5.74, 6) is 1.87. The maximum Gasteiger partial charge on any atom is 0.132 e. The van der Waals surface area contributed by atoms with Crippen LogP contribution >= 0.6 is 11.8 Å². The minimum atomic E-state index is 0.153. The Morgan fingerprint density at radius 2 is 2.19 bits per heavy atom. The summed E-state index contributed by atoms with van der Waals surface area (Å²) >= 11 is 1.69. The Morgan fingerprint density at radius 3 is 2.81 bits per heavy atom. The number of ether oxygens (including phenoxy) is 1. The molecule has 0 heterocycles. The molecule has 0 unspecified atom stereocenters. The van der Waals surface area contributed by atoms with Gasteiger partial charge in [0.1, 0.15) is 12.0 Å². The number of hydrogen-bond acceptors (Lipinski definition) is 3. The Labute approximate surface area is 101 Å². The summed E-state index contributed by atoms with van der Waals surface area (Å²) in [6.07, 6.45) is 3.08. The first kappa shape index (κ1) is 13.1. The number of carbonyl (C=O) groups is 1. The molecule has 1 aromatic rings. The second-order valence-corrected chi connectivity index (χ2v) is 4.71. The van der Waals surface area contributed by atoms with Crippen molar-refractivity contribution in [1.29, 1.82) is 0 Å². The number of para-hydroxylation sites is 1. The number of thioether (sulfide) groups is 1. The molecular formula is C13H18O2S. The lowest BCUT2D eigenvalue weighted by molar-refractivity contribution is -0.110. The van der Waals surface area contributed by atoms with E-state index >= 15 is 0 Å². The van der Waals surface area contributed by atoms with Crippen LogP contribution in [0.2, 0.25) is 0 Å². The SMILES string of the molecule is CCC[C@@H](C=O)CSc1ccccc1OC. The summed E-state index contributed by atoms with van der Waals surface area (Å²) in [7, 11) is 1.67. The van der Waals surface area contributed by atoms with Gasteiger partial charge in [-0.1, -0.05) is 25.5 Å². The van der Waals surface area contributed by atoms with Crippen molar-refractivity contribution in [3.63, 3.8) is 0 Å². The molecule has 0 saturated heterocycles. The van der Waals surface area contributed by atoms with Crippen molar-refractivity contribution in [2.75, 3.05) is 12.9 Å². The number of hydrogen-bond donors (Lipinski definition) is 0. The lowest BCUT2D eigenvalue weighted by Gasteiger charge is -2.10. The highest BCUT2D eigenvalue weighted by Gasteiger charge is 2.09. The molecule has 0 fully saturated rings. The van der Waals surface area contributed by atoms with Crippen LogP contribution in [0.5, 0.6) is 5.75 Å². The molecule has 2 nitrogen and oxygen atoms in total. The van der Waals surface area contributed by atoms with Crippen LogP contribution in [0, 0.1) is 5.92 Å². The van der Waals surface area contributed by atoms with Crippen LogP contribution in [0.3, 0.4) is 0 Å². The van der Waals surface area contributed by atoms with Crippen molar-refractivity contribution in [3.05, 3.63) is 24.3 Å². The van der Waals surface area contributed by atoms with E-state index in [-0.39, 0.29) is 5.92 Å². The van der Waals surface area contributed by atoms with Crippen molar-refractivity contribution < 1.29 is 9.53 Å². The minimum absolute atomic E-state index is 0.153. The van der Waals surface area contributed by atoms with Crippen LogP contribution in [-0.2, 0) is 4.79 Å². The first-order chi connectivity index (χ1) is 7.81.